The van der Waals surface area contributed by atoms with Gasteiger partial charge in [0.05, 0.1) is 17.9 Å². The highest BCUT2D eigenvalue weighted by Crippen LogP contribution is 2.37. The van der Waals surface area contributed by atoms with Crippen LogP contribution in [0.25, 0.3) is 0 Å². The molecule has 1 saturated heterocycles. The molecule has 0 radical (unpaired) electrons. The molecular weight excluding hydrogens is 340 g/mol. The van der Waals surface area contributed by atoms with Crippen molar-refractivity contribution in [3.8, 4) is 0 Å². The van der Waals surface area contributed by atoms with Crippen molar-refractivity contribution >= 4 is 17.7 Å². The molecule has 3 unspecified atom stereocenters. The molecule has 146 valence electrons. The molecule has 2 aliphatic rings. The van der Waals surface area contributed by atoms with Crippen molar-refractivity contribution in [1.82, 2.24) is 10.2 Å². The molecule has 1 aromatic rings. The predicted molar refractivity (Wildman–Crippen MR) is 104 cm³/mol. The van der Waals surface area contributed by atoms with Gasteiger partial charge in [0, 0.05) is 0 Å². The van der Waals surface area contributed by atoms with E-state index in [2.05, 4.69) is 31.3 Å². The van der Waals surface area contributed by atoms with E-state index in [1.807, 2.05) is 19.1 Å². The Hall–Kier alpha value is -2.17. The van der Waals surface area contributed by atoms with E-state index >= 15 is 0 Å². The van der Waals surface area contributed by atoms with Crippen LogP contribution in [0.15, 0.2) is 24.3 Å². The average Bonchev–Trinajstić information content (AvgIpc) is 2.87. The molecule has 0 aromatic heterocycles. The van der Waals surface area contributed by atoms with Gasteiger partial charge in [0.2, 0.25) is 17.7 Å². The van der Waals surface area contributed by atoms with Crippen LogP contribution in [0.4, 0.5) is 0 Å². The quantitative estimate of drug-likeness (QED) is 0.782. The van der Waals surface area contributed by atoms with Crippen LogP contribution in [-0.2, 0) is 20.8 Å². The number of nitrogens with one attached hydrogen (secondary N) is 1. The smallest absolute Gasteiger partial charge is 0.240 e. The summed E-state index contributed by atoms with van der Waals surface area (Å²) in [5, 5.41) is 2.92. The van der Waals surface area contributed by atoms with Gasteiger partial charge in [-0.1, -0.05) is 51.0 Å². The third-order valence-electron chi connectivity index (χ3n) is 5.74. The van der Waals surface area contributed by atoms with Crippen LogP contribution in [0, 0.1) is 17.8 Å². The van der Waals surface area contributed by atoms with Gasteiger partial charge < -0.3 is 5.32 Å². The Kier molecular flexibility index (Phi) is 5.98. The number of hydrogen-bond acceptors (Lipinski definition) is 3. The Morgan fingerprint density at radius 1 is 1.04 bits per heavy atom. The van der Waals surface area contributed by atoms with Gasteiger partial charge in [-0.3, -0.25) is 19.3 Å². The number of rotatable bonds is 6. The summed E-state index contributed by atoms with van der Waals surface area (Å²) in [6.07, 6.45) is 4.55. The summed E-state index contributed by atoms with van der Waals surface area (Å²) in [6.45, 7) is 6.13. The summed E-state index contributed by atoms with van der Waals surface area (Å²) in [6, 6.07) is 8.08. The number of hydrogen-bond donors (Lipinski definition) is 1. The monoisotopic (exact) mass is 370 g/mol. The fourth-order valence-corrected chi connectivity index (χ4v) is 4.31. The number of amides is 3. The maximum absolute atomic E-state index is 12.5. The van der Waals surface area contributed by atoms with E-state index in [1.165, 1.54) is 10.5 Å². The number of fused-ring (bicyclic) bond motifs is 1. The maximum Gasteiger partial charge on any atom is 0.240 e. The summed E-state index contributed by atoms with van der Waals surface area (Å²) in [5.74, 6) is -0.410. The molecule has 27 heavy (non-hydrogen) atoms. The van der Waals surface area contributed by atoms with Crippen molar-refractivity contribution in [2.75, 3.05) is 6.54 Å². The van der Waals surface area contributed by atoms with Crippen LogP contribution in [0.2, 0.25) is 0 Å². The first-order valence-corrected chi connectivity index (χ1v) is 10.1. The number of likely N-dealkylation sites (tertiary alicyclic amines) is 1. The number of carbonyl (C=O) groups excluding carboxylic acids is 3. The van der Waals surface area contributed by atoms with Gasteiger partial charge in [-0.05, 0) is 43.2 Å². The molecule has 1 aliphatic heterocycles. The minimum absolute atomic E-state index is 0.162. The topological polar surface area (TPSA) is 66.5 Å². The van der Waals surface area contributed by atoms with Crippen LogP contribution in [0.3, 0.4) is 0 Å². The molecule has 1 aromatic carbocycles. The minimum atomic E-state index is -0.283. The Bertz CT molecular complexity index is 687. The van der Waals surface area contributed by atoms with Crippen LogP contribution < -0.4 is 5.32 Å². The molecule has 3 rings (SSSR count). The average molecular weight is 370 g/mol. The molecule has 0 spiro atoms. The SMILES string of the molecule is CC(C)Cc1ccc(C(C)NC(=O)CN2C(=O)C3CCCCC3C2=O)cc1. The number of nitrogens with zero attached hydrogens (tertiary/aromatic N) is 1. The Morgan fingerprint density at radius 2 is 1.59 bits per heavy atom. The predicted octanol–water partition coefficient (Wildman–Crippen LogP) is 3.24. The second kappa shape index (κ2) is 8.24. The lowest BCUT2D eigenvalue weighted by Crippen LogP contribution is -2.41. The van der Waals surface area contributed by atoms with Gasteiger partial charge in [0.25, 0.3) is 0 Å². The van der Waals surface area contributed by atoms with Gasteiger partial charge in [-0.2, -0.15) is 0 Å². The van der Waals surface area contributed by atoms with Crippen molar-refractivity contribution in [1.29, 1.82) is 0 Å². The number of imide groups is 1. The lowest BCUT2D eigenvalue weighted by atomic mass is 9.81. The first kappa shape index (κ1) is 19.6. The molecule has 3 amide bonds. The summed E-state index contributed by atoms with van der Waals surface area (Å²) >= 11 is 0. The van der Waals surface area contributed by atoms with Crippen LogP contribution in [0.1, 0.15) is 63.6 Å². The van der Waals surface area contributed by atoms with E-state index in [0.717, 1.165) is 37.7 Å². The van der Waals surface area contributed by atoms with Crippen molar-refractivity contribution in [2.24, 2.45) is 17.8 Å². The zero-order valence-corrected chi connectivity index (χ0v) is 16.5. The molecule has 1 saturated carbocycles. The highest BCUT2D eigenvalue weighted by molar-refractivity contribution is 6.07. The van der Waals surface area contributed by atoms with Crippen LogP contribution >= 0.6 is 0 Å². The normalized spacial score (nSPS) is 23.5. The summed E-state index contributed by atoms with van der Waals surface area (Å²) < 4.78 is 0. The fraction of sp³-hybridized carbons (Fsp3) is 0.591. The summed E-state index contributed by atoms with van der Waals surface area (Å²) in [4.78, 5) is 38.6. The van der Waals surface area contributed by atoms with Crippen molar-refractivity contribution < 1.29 is 14.4 Å². The molecule has 1 aliphatic carbocycles. The van der Waals surface area contributed by atoms with E-state index in [-0.39, 0.29) is 42.1 Å². The lowest BCUT2D eigenvalue weighted by Gasteiger charge is -2.19. The minimum Gasteiger partial charge on any atom is -0.348 e. The Balaban J connectivity index is 1.57. The van der Waals surface area contributed by atoms with Gasteiger partial charge >= 0.3 is 0 Å². The molecule has 1 N–H and O–H groups in total. The first-order valence-electron chi connectivity index (χ1n) is 10.1. The molecular formula is C22H30N2O3. The fourth-order valence-electron chi connectivity index (χ4n) is 4.31. The van der Waals surface area contributed by atoms with Gasteiger partial charge in [-0.15, -0.1) is 0 Å². The molecule has 3 atom stereocenters. The van der Waals surface area contributed by atoms with Crippen molar-refractivity contribution in [3.05, 3.63) is 35.4 Å². The van der Waals surface area contributed by atoms with Crippen molar-refractivity contribution in [3.63, 3.8) is 0 Å². The molecule has 1 heterocycles. The molecule has 2 fully saturated rings. The van der Waals surface area contributed by atoms with Crippen molar-refractivity contribution in [2.45, 2.75) is 58.9 Å². The van der Waals surface area contributed by atoms with Gasteiger partial charge in [0.15, 0.2) is 0 Å². The van der Waals surface area contributed by atoms with Crippen LogP contribution in [0.5, 0.6) is 0 Å². The molecule has 0 bridgehead atoms. The lowest BCUT2D eigenvalue weighted by molar-refractivity contribution is -0.143. The third-order valence-corrected chi connectivity index (χ3v) is 5.74. The van der Waals surface area contributed by atoms with E-state index in [1.54, 1.807) is 0 Å². The van der Waals surface area contributed by atoms with E-state index < -0.39 is 0 Å². The largest absolute Gasteiger partial charge is 0.348 e. The van der Waals surface area contributed by atoms with E-state index in [0.29, 0.717) is 5.92 Å². The number of benzene rings is 1. The summed E-state index contributed by atoms with van der Waals surface area (Å²) in [5.41, 5.74) is 2.30. The molecule has 5 heteroatoms. The van der Waals surface area contributed by atoms with E-state index in [4.69, 9.17) is 0 Å². The zero-order chi connectivity index (χ0) is 19.6. The summed E-state index contributed by atoms with van der Waals surface area (Å²) in [7, 11) is 0. The first-order chi connectivity index (χ1) is 12.9. The second-order valence-electron chi connectivity index (χ2n) is 8.39. The van der Waals surface area contributed by atoms with Gasteiger partial charge in [-0.25, -0.2) is 0 Å². The Morgan fingerprint density at radius 3 is 2.11 bits per heavy atom. The molecule has 5 nitrogen and oxygen atoms in total. The zero-order valence-electron chi connectivity index (χ0n) is 16.5. The third kappa shape index (κ3) is 4.40. The van der Waals surface area contributed by atoms with E-state index in [9.17, 15) is 14.4 Å². The second-order valence-corrected chi connectivity index (χ2v) is 8.39. The maximum atomic E-state index is 12.5. The highest BCUT2D eigenvalue weighted by Gasteiger charge is 2.48. The van der Waals surface area contributed by atoms with Crippen LogP contribution in [-0.4, -0.2) is 29.2 Å². The van der Waals surface area contributed by atoms with Gasteiger partial charge in [0.1, 0.15) is 6.54 Å². The number of carbonyl (C=O) groups is 3. The Labute approximate surface area is 161 Å². The highest BCUT2D eigenvalue weighted by atomic mass is 16.2. The standard InChI is InChI=1S/C22H30N2O3/c1-14(2)12-16-8-10-17(11-9-16)15(3)23-20(25)13-24-21(26)18-6-4-5-7-19(18)22(24)27/h8-11,14-15,18-19H,4-7,12-13H2,1-3H3,(H,23,25).